The summed E-state index contributed by atoms with van der Waals surface area (Å²) in [5.74, 6) is 2.27. The van der Waals surface area contributed by atoms with Crippen molar-refractivity contribution in [3.63, 3.8) is 0 Å². The number of rotatable bonds is 4. The van der Waals surface area contributed by atoms with Crippen LogP contribution in [0.3, 0.4) is 0 Å². The van der Waals surface area contributed by atoms with Gasteiger partial charge in [-0.05, 0) is 12.1 Å². The van der Waals surface area contributed by atoms with Gasteiger partial charge in [-0.2, -0.15) is 0 Å². The minimum Gasteiger partial charge on any atom is -0.493 e. The molecule has 0 fully saturated rings. The molecule has 0 atom stereocenters. The van der Waals surface area contributed by atoms with Gasteiger partial charge in [0, 0.05) is 12.6 Å². The number of nitrogens with zero attached hydrogens (tertiary/aromatic N) is 2. The standard InChI is InChI=1S/C13H17N3O3/c1-16-7-15-11(13(16)14)8-5-9(17-2)12(19-4)10(6-8)18-3/h5-7H,14H2,1-4H3. The maximum absolute atomic E-state index is 5.98. The molecule has 1 heterocycles. The van der Waals surface area contributed by atoms with Gasteiger partial charge in [0.1, 0.15) is 11.5 Å². The minimum atomic E-state index is 0.545. The number of methoxy groups -OCH3 is 3. The molecule has 2 aromatic rings. The Bertz CT molecular complexity index is 568. The maximum Gasteiger partial charge on any atom is 0.203 e. The third-order valence-corrected chi connectivity index (χ3v) is 2.92. The molecule has 0 aliphatic rings. The summed E-state index contributed by atoms with van der Waals surface area (Å²) in [5.41, 5.74) is 7.47. The minimum absolute atomic E-state index is 0.545. The van der Waals surface area contributed by atoms with Crippen LogP contribution in [0.25, 0.3) is 11.3 Å². The zero-order chi connectivity index (χ0) is 14.0. The number of anilines is 1. The van der Waals surface area contributed by atoms with Gasteiger partial charge in [0.15, 0.2) is 11.5 Å². The molecule has 0 spiro atoms. The first-order valence-corrected chi connectivity index (χ1v) is 5.69. The predicted molar refractivity (Wildman–Crippen MR) is 72.7 cm³/mol. The number of hydrogen-bond donors (Lipinski definition) is 1. The van der Waals surface area contributed by atoms with Gasteiger partial charge in [0.25, 0.3) is 0 Å². The second-order valence-electron chi connectivity index (χ2n) is 4.00. The fraction of sp³-hybridized carbons (Fsp3) is 0.308. The predicted octanol–water partition coefficient (Wildman–Crippen LogP) is 1.70. The molecule has 0 aliphatic heterocycles. The third-order valence-electron chi connectivity index (χ3n) is 2.92. The monoisotopic (exact) mass is 263 g/mol. The van der Waals surface area contributed by atoms with E-state index < -0.39 is 0 Å². The summed E-state index contributed by atoms with van der Waals surface area (Å²) in [7, 11) is 6.55. The van der Waals surface area contributed by atoms with Gasteiger partial charge in [-0.3, -0.25) is 0 Å². The Morgan fingerprint density at radius 3 is 2.00 bits per heavy atom. The first-order valence-electron chi connectivity index (χ1n) is 5.69. The summed E-state index contributed by atoms with van der Waals surface area (Å²) >= 11 is 0. The number of imidazole rings is 1. The molecule has 1 aromatic heterocycles. The lowest BCUT2D eigenvalue weighted by Crippen LogP contribution is -1.98. The lowest BCUT2D eigenvalue weighted by molar-refractivity contribution is 0.324. The van der Waals surface area contributed by atoms with E-state index in [1.165, 1.54) is 0 Å². The van der Waals surface area contributed by atoms with Gasteiger partial charge in [-0.25, -0.2) is 4.98 Å². The second-order valence-corrected chi connectivity index (χ2v) is 4.00. The van der Waals surface area contributed by atoms with Gasteiger partial charge in [0.05, 0.1) is 27.7 Å². The van der Waals surface area contributed by atoms with Crippen LogP contribution in [0.5, 0.6) is 17.2 Å². The van der Waals surface area contributed by atoms with Crippen LogP contribution in [0.1, 0.15) is 0 Å². The molecule has 2 N–H and O–H groups in total. The van der Waals surface area contributed by atoms with Crippen molar-refractivity contribution in [2.45, 2.75) is 0 Å². The fourth-order valence-electron chi connectivity index (χ4n) is 1.88. The van der Waals surface area contributed by atoms with E-state index in [0.29, 0.717) is 28.8 Å². The smallest absolute Gasteiger partial charge is 0.203 e. The topological polar surface area (TPSA) is 71.5 Å². The first kappa shape index (κ1) is 13.1. The molecule has 2 rings (SSSR count). The molecule has 0 aliphatic carbocycles. The highest BCUT2D eigenvalue weighted by atomic mass is 16.5. The Balaban J connectivity index is 2.62. The van der Waals surface area contributed by atoms with Crippen molar-refractivity contribution in [1.29, 1.82) is 0 Å². The van der Waals surface area contributed by atoms with Crippen LogP contribution in [0.2, 0.25) is 0 Å². The molecule has 0 bridgehead atoms. The summed E-state index contributed by atoms with van der Waals surface area (Å²) in [4.78, 5) is 4.28. The first-order chi connectivity index (χ1) is 9.12. The van der Waals surface area contributed by atoms with Crippen LogP contribution in [0.4, 0.5) is 5.82 Å². The third kappa shape index (κ3) is 2.16. The molecule has 19 heavy (non-hydrogen) atoms. The van der Waals surface area contributed by atoms with Crippen LogP contribution >= 0.6 is 0 Å². The van der Waals surface area contributed by atoms with Gasteiger partial charge < -0.3 is 24.5 Å². The number of nitrogens with two attached hydrogens (primary N) is 1. The highest BCUT2D eigenvalue weighted by molar-refractivity contribution is 5.75. The maximum atomic E-state index is 5.98. The summed E-state index contributed by atoms with van der Waals surface area (Å²) < 4.78 is 17.6. The molecular weight excluding hydrogens is 246 g/mol. The fourth-order valence-corrected chi connectivity index (χ4v) is 1.88. The molecule has 0 saturated heterocycles. The van der Waals surface area contributed by atoms with Gasteiger partial charge in [-0.15, -0.1) is 0 Å². The lowest BCUT2D eigenvalue weighted by atomic mass is 10.1. The van der Waals surface area contributed by atoms with Crippen molar-refractivity contribution < 1.29 is 14.2 Å². The number of nitrogen functional groups attached to an aromatic ring is 1. The van der Waals surface area contributed by atoms with E-state index in [4.69, 9.17) is 19.9 Å². The number of aryl methyl sites for hydroxylation is 1. The van der Waals surface area contributed by atoms with Crippen molar-refractivity contribution >= 4 is 5.82 Å². The Hall–Kier alpha value is -2.37. The van der Waals surface area contributed by atoms with Crippen molar-refractivity contribution in [3.8, 4) is 28.5 Å². The van der Waals surface area contributed by atoms with E-state index in [-0.39, 0.29) is 0 Å². The second kappa shape index (κ2) is 5.09. The Morgan fingerprint density at radius 1 is 1.05 bits per heavy atom. The van der Waals surface area contributed by atoms with E-state index in [2.05, 4.69) is 4.98 Å². The van der Waals surface area contributed by atoms with Crippen LogP contribution in [0.15, 0.2) is 18.5 Å². The molecule has 0 radical (unpaired) electrons. The lowest BCUT2D eigenvalue weighted by Gasteiger charge is -2.13. The Morgan fingerprint density at radius 2 is 1.63 bits per heavy atom. The van der Waals surface area contributed by atoms with Crippen LogP contribution in [-0.4, -0.2) is 30.9 Å². The Kier molecular flexibility index (Phi) is 3.50. The summed E-state index contributed by atoms with van der Waals surface area (Å²) in [6.45, 7) is 0. The van der Waals surface area contributed by atoms with Crippen LogP contribution < -0.4 is 19.9 Å². The van der Waals surface area contributed by atoms with E-state index >= 15 is 0 Å². The molecule has 0 amide bonds. The largest absolute Gasteiger partial charge is 0.493 e. The van der Waals surface area contributed by atoms with Crippen molar-refractivity contribution in [1.82, 2.24) is 9.55 Å². The highest BCUT2D eigenvalue weighted by Gasteiger charge is 2.17. The number of hydrogen-bond acceptors (Lipinski definition) is 5. The summed E-state index contributed by atoms with van der Waals surface area (Å²) in [5, 5.41) is 0. The average molecular weight is 263 g/mol. The Labute approximate surface area is 111 Å². The van der Waals surface area contributed by atoms with E-state index in [9.17, 15) is 0 Å². The average Bonchev–Trinajstić information content (AvgIpc) is 2.77. The SMILES string of the molecule is COc1cc(-c2ncn(C)c2N)cc(OC)c1OC. The van der Waals surface area contributed by atoms with Gasteiger partial charge in [0.2, 0.25) is 5.75 Å². The van der Waals surface area contributed by atoms with E-state index in [1.54, 1.807) is 32.2 Å². The normalized spacial score (nSPS) is 10.3. The molecular formula is C13H17N3O3. The molecule has 6 heteroatoms. The number of benzene rings is 1. The van der Waals surface area contributed by atoms with Crippen molar-refractivity contribution in [3.05, 3.63) is 18.5 Å². The van der Waals surface area contributed by atoms with Crippen LogP contribution in [-0.2, 0) is 7.05 Å². The zero-order valence-electron chi connectivity index (χ0n) is 11.4. The molecule has 0 unspecified atom stereocenters. The van der Waals surface area contributed by atoms with E-state index in [0.717, 1.165) is 5.56 Å². The van der Waals surface area contributed by atoms with E-state index in [1.807, 2.05) is 19.2 Å². The summed E-state index contributed by atoms with van der Waals surface area (Å²) in [6, 6.07) is 3.64. The van der Waals surface area contributed by atoms with Crippen molar-refractivity contribution in [2.24, 2.45) is 7.05 Å². The molecule has 6 nitrogen and oxygen atoms in total. The van der Waals surface area contributed by atoms with Crippen molar-refractivity contribution in [2.75, 3.05) is 27.1 Å². The highest BCUT2D eigenvalue weighted by Crippen LogP contribution is 2.41. The van der Waals surface area contributed by atoms with Gasteiger partial charge >= 0.3 is 0 Å². The molecule has 102 valence electrons. The summed E-state index contributed by atoms with van der Waals surface area (Å²) in [6.07, 6.45) is 1.66. The number of aromatic nitrogens is 2. The quantitative estimate of drug-likeness (QED) is 0.909. The molecule has 1 aromatic carbocycles. The number of ether oxygens (including phenoxy) is 3. The van der Waals surface area contributed by atoms with Gasteiger partial charge in [-0.1, -0.05) is 0 Å². The van der Waals surface area contributed by atoms with Crippen LogP contribution in [0, 0.1) is 0 Å². The molecule has 0 saturated carbocycles. The zero-order valence-corrected chi connectivity index (χ0v) is 11.4.